The van der Waals surface area contributed by atoms with Gasteiger partial charge in [0.25, 0.3) is 0 Å². The highest BCUT2D eigenvalue weighted by Gasteiger charge is 2.28. The molecule has 0 radical (unpaired) electrons. The third-order valence-electron chi connectivity index (χ3n) is 5.58. The van der Waals surface area contributed by atoms with Gasteiger partial charge in [-0.15, -0.1) is 22.6 Å². The molecule has 0 bridgehead atoms. The van der Waals surface area contributed by atoms with Gasteiger partial charge in [0.15, 0.2) is 0 Å². The van der Waals surface area contributed by atoms with Crippen LogP contribution in [-0.2, 0) is 30.6 Å². The van der Waals surface area contributed by atoms with Gasteiger partial charge in [0.1, 0.15) is 11.6 Å². The van der Waals surface area contributed by atoms with Crippen LogP contribution in [0.5, 0.6) is 0 Å². The van der Waals surface area contributed by atoms with E-state index in [1.165, 1.54) is 5.56 Å². The summed E-state index contributed by atoms with van der Waals surface area (Å²) in [4.78, 5) is 14.9. The summed E-state index contributed by atoms with van der Waals surface area (Å²) in [6.07, 6.45) is 4.58. The summed E-state index contributed by atoms with van der Waals surface area (Å²) in [7, 11) is 0. The minimum atomic E-state index is 0. The topological polar surface area (TPSA) is 63.1 Å². The average molecular weight is 390 g/mol. The van der Waals surface area contributed by atoms with Gasteiger partial charge in [-0.1, -0.05) is 30.3 Å². The fourth-order valence-electron chi connectivity index (χ4n) is 4.02. The fourth-order valence-corrected chi connectivity index (χ4v) is 4.02. The first-order chi connectivity index (χ1) is 12.8. The number of fused-ring (bicyclic) bond motifs is 1. The van der Waals surface area contributed by atoms with Crippen LogP contribution in [-0.4, -0.2) is 51.8 Å². The molecule has 27 heavy (non-hydrogen) atoms. The number of carbonyl (C=O) groups is 1. The second kappa shape index (κ2) is 9.33. The maximum Gasteiger partial charge on any atom is 0.225 e. The molecule has 2 aromatic rings. The van der Waals surface area contributed by atoms with Gasteiger partial charge in [-0.3, -0.25) is 4.79 Å². The molecule has 0 spiro atoms. The number of halogens is 1. The molecule has 0 aliphatic carbocycles. The van der Waals surface area contributed by atoms with Crippen molar-refractivity contribution in [1.29, 1.82) is 0 Å². The van der Waals surface area contributed by atoms with Gasteiger partial charge in [-0.05, 0) is 37.9 Å². The van der Waals surface area contributed by atoms with Crippen LogP contribution in [0.1, 0.15) is 30.1 Å². The van der Waals surface area contributed by atoms with Crippen LogP contribution in [0.2, 0.25) is 0 Å². The number of nitrogens with one attached hydrogen (secondary N) is 1. The second-order valence-electron chi connectivity index (χ2n) is 7.27. The number of aryl methyl sites for hydroxylation is 2. The Morgan fingerprint density at radius 3 is 2.59 bits per heavy atom. The summed E-state index contributed by atoms with van der Waals surface area (Å²) in [6.45, 7) is 4.26. The Kier molecular flexibility index (Phi) is 6.85. The molecule has 0 atom stereocenters. The lowest BCUT2D eigenvalue weighted by Crippen LogP contribution is -2.42. The maximum absolute atomic E-state index is 12.8. The van der Waals surface area contributed by atoms with Gasteiger partial charge in [0.05, 0.1) is 0 Å². The highest BCUT2D eigenvalue weighted by Crippen LogP contribution is 2.18. The van der Waals surface area contributed by atoms with Gasteiger partial charge in [0.2, 0.25) is 5.91 Å². The number of hydrogen-bond donors (Lipinski definition) is 1. The van der Waals surface area contributed by atoms with Crippen molar-refractivity contribution < 1.29 is 4.79 Å². The summed E-state index contributed by atoms with van der Waals surface area (Å²) in [5.74, 6) is 2.59. The lowest BCUT2D eigenvalue weighted by atomic mass is 9.96. The van der Waals surface area contributed by atoms with Crippen molar-refractivity contribution in [2.75, 3.05) is 26.2 Å². The lowest BCUT2D eigenvalue weighted by Gasteiger charge is -2.28. The highest BCUT2D eigenvalue weighted by atomic mass is 35.5. The van der Waals surface area contributed by atoms with Crippen LogP contribution >= 0.6 is 12.4 Å². The number of rotatable bonds is 4. The molecule has 2 aliphatic heterocycles. The lowest BCUT2D eigenvalue weighted by molar-refractivity contribution is -0.136. The maximum atomic E-state index is 12.8. The Hall–Kier alpha value is -1.92. The summed E-state index contributed by atoms with van der Waals surface area (Å²) < 4.78 is 2.23. The van der Waals surface area contributed by atoms with E-state index in [1.807, 2.05) is 11.0 Å². The van der Waals surface area contributed by atoms with Crippen LogP contribution in [0.3, 0.4) is 0 Å². The van der Waals surface area contributed by atoms with Crippen LogP contribution < -0.4 is 5.32 Å². The first kappa shape index (κ1) is 19.8. The number of amides is 1. The molecule has 4 rings (SSSR count). The molecule has 0 unspecified atom stereocenters. The van der Waals surface area contributed by atoms with E-state index < -0.39 is 0 Å². The number of hydrogen-bond acceptors (Lipinski definition) is 4. The van der Waals surface area contributed by atoms with Gasteiger partial charge >= 0.3 is 0 Å². The standard InChI is InChI=1S/C20H27N5O.ClH/c26-20(17-8-11-21-12-9-17)24-13-10-19-23-22-18(25(19)15-14-24)7-6-16-4-2-1-3-5-16;/h1-5,17,21H,6-15H2;1H. The smallest absolute Gasteiger partial charge is 0.225 e. The minimum absolute atomic E-state index is 0. The molecule has 146 valence electrons. The highest BCUT2D eigenvalue weighted by molar-refractivity contribution is 5.85. The Morgan fingerprint density at radius 2 is 1.81 bits per heavy atom. The van der Waals surface area contributed by atoms with E-state index >= 15 is 0 Å². The number of carbonyl (C=O) groups excluding carboxylic acids is 1. The van der Waals surface area contributed by atoms with Crippen molar-refractivity contribution in [2.45, 2.75) is 38.6 Å². The third-order valence-corrected chi connectivity index (χ3v) is 5.58. The summed E-state index contributed by atoms with van der Waals surface area (Å²) in [5, 5.41) is 12.2. The summed E-state index contributed by atoms with van der Waals surface area (Å²) >= 11 is 0. The summed E-state index contributed by atoms with van der Waals surface area (Å²) in [6, 6.07) is 10.5. The SMILES string of the molecule is Cl.O=C(C1CCNCC1)N1CCc2nnc(CCc3ccccc3)n2CC1. The van der Waals surface area contributed by atoms with Crippen molar-refractivity contribution in [3.8, 4) is 0 Å². The Balaban J connectivity index is 0.00000210. The molecule has 7 heteroatoms. The van der Waals surface area contributed by atoms with Crippen molar-refractivity contribution >= 4 is 18.3 Å². The molecule has 1 amide bonds. The van der Waals surface area contributed by atoms with Crippen molar-refractivity contribution in [3.63, 3.8) is 0 Å². The quantitative estimate of drug-likeness (QED) is 0.867. The Labute approximate surface area is 166 Å². The van der Waals surface area contributed by atoms with E-state index in [2.05, 4.69) is 44.3 Å². The molecular formula is C20H28ClN5O. The third kappa shape index (κ3) is 4.68. The Bertz CT molecular complexity index is 742. The number of nitrogens with zero attached hydrogens (tertiary/aromatic N) is 4. The van der Waals surface area contributed by atoms with Gasteiger partial charge < -0.3 is 14.8 Å². The summed E-state index contributed by atoms with van der Waals surface area (Å²) in [5.41, 5.74) is 1.32. The molecule has 3 heterocycles. The van der Waals surface area contributed by atoms with Crippen LogP contribution in [0, 0.1) is 5.92 Å². The van der Waals surface area contributed by atoms with E-state index in [-0.39, 0.29) is 18.3 Å². The normalized spacial score (nSPS) is 17.7. The van der Waals surface area contributed by atoms with Gasteiger partial charge in [-0.25, -0.2) is 0 Å². The second-order valence-corrected chi connectivity index (χ2v) is 7.27. The molecule has 1 fully saturated rings. The van der Waals surface area contributed by atoms with E-state index in [1.54, 1.807) is 0 Å². The first-order valence-corrected chi connectivity index (χ1v) is 9.75. The van der Waals surface area contributed by atoms with Crippen molar-refractivity contribution in [1.82, 2.24) is 25.0 Å². The molecule has 1 saturated heterocycles. The van der Waals surface area contributed by atoms with Crippen LogP contribution in [0.15, 0.2) is 30.3 Å². The van der Waals surface area contributed by atoms with Crippen molar-refractivity contribution in [2.24, 2.45) is 5.92 Å². The van der Waals surface area contributed by atoms with Crippen LogP contribution in [0.4, 0.5) is 0 Å². The average Bonchev–Trinajstić information content (AvgIpc) is 2.96. The van der Waals surface area contributed by atoms with E-state index in [4.69, 9.17) is 0 Å². The number of aromatic nitrogens is 3. The molecule has 1 aromatic heterocycles. The van der Waals surface area contributed by atoms with Crippen LogP contribution in [0.25, 0.3) is 0 Å². The number of piperidine rings is 1. The zero-order valence-electron chi connectivity index (χ0n) is 15.6. The molecule has 2 aliphatic rings. The van der Waals surface area contributed by atoms with Gasteiger partial charge in [0, 0.05) is 38.4 Å². The molecular weight excluding hydrogens is 362 g/mol. The molecule has 6 nitrogen and oxygen atoms in total. The first-order valence-electron chi connectivity index (χ1n) is 9.75. The predicted molar refractivity (Wildman–Crippen MR) is 107 cm³/mol. The van der Waals surface area contributed by atoms with E-state index in [0.717, 1.165) is 76.5 Å². The fraction of sp³-hybridized carbons (Fsp3) is 0.550. The monoisotopic (exact) mass is 389 g/mol. The van der Waals surface area contributed by atoms with Crippen molar-refractivity contribution in [3.05, 3.63) is 47.5 Å². The molecule has 1 aromatic carbocycles. The largest absolute Gasteiger partial charge is 0.340 e. The number of benzene rings is 1. The zero-order valence-corrected chi connectivity index (χ0v) is 16.5. The zero-order chi connectivity index (χ0) is 17.8. The van der Waals surface area contributed by atoms with E-state index in [9.17, 15) is 4.79 Å². The van der Waals surface area contributed by atoms with E-state index in [0.29, 0.717) is 5.91 Å². The molecule has 0 saturated carbocycles. The minimum Gasteiger partial charge on any atom is -0.340 e. The van der Waals surface area contributed by atoms with Gasteiger partial charge in [-0.2, -0.15) is 0 Å². The molecule has 1 N–H and O–H groups in total. The Morgan fingerprint density at radius 1 is 1.04 bits per heavy atom. The predicted octanol–water partition coefficient (Wildman–Crippen LogP) is 1.87.